The van der Waals surface area contributed by atoms with Crippen LogP contribution in [0.4, 0.5) is 23.7 Å². The molecule has 0 aliphatic rings. The van der Waals surface area contributed by atoms with E-state index in [9.17, 15) is 22.8 Å². The normalized spacial score (nSPS) is 11.0. The van der Waals surface area contributed by atoms with Crippen LogP contribution in [0.15, 0.2) is 18.2 Å². The number of amides is 2. The molecule has 0 saturated heterocycles. The number of halogens is 4. The summed E-state index contributed by atoms with van der Waals surface area (Å²) in [5.41, 5.74) is -1.38. The van der Waals surface area contributed by atoms with E-state index in [-0.39, 0.29) is 23.2 Å². The first-order chi connectivity index (χ1) is 11.2. The van der Waals surface area contributed by atoms with E-state index >= 15 is 0 Å². The smallest absolute Gasteiger partial charge is 0.418 e. The predicted octanol–water partition coefficient (Wildman–Crippen LogP) is 4.21. The highest BCUT2D eigenvalue weighted by atomic mass is 35.5. The van der Waals surface area contributed by atoms with Gasteiger partial charge in [0.05, 0.1) is 18.4 Å². The van der Waals surface area contributed by atoms with Gasteiger partial charge in [-0.05, 0) is 31.0 Å². The number of carbonyl (C=O) groups excluding carboxylic acids is 2. The molecule has 0 aliphatic carbocycles. The Balaban J connectivity index is 2.42. The van der Waals surface area contributed by atoms with Crippen molar-refractivity contribution in [3.05, 3.63) is 28.8 Å². The lowest BCUT2D eigenvalue weighted by Gasteiger charge is -2.14. The molecule has 0 fully saturated rings. The lowest BCUT2D eigenvalue weighted by Crippen LogP contribution is -2.30. The number of hydrogen-bond donors (Lipinski definition) is 2. The molecule has 1 aromatic rings. The summed E-state index contributed by atoms with van der Waals surface area (Å²) in [6.07, 6.45) is -2.43. The fourth-order valence-corrected chi connectivity index (χ4v) is 2.07. The van der Waals surface area contributed by atoms with Crippen molar-refractivity contribution in [2.24, 2.45) is 0 Å². The van der Waals surface area contributed by atoms with E-state index < -0.39 is 17.8 Å². The van der Waals surface area contributed by atoms with Crippen molar-refractivity contribution in [2.75, 3.05) is 19.0 Å². The van der Waals surface area contributed by atoms with Crippen LogP contribution in [0.1, 0.15) is 31.2 Å². The number of unbranched alkanes of at least 4 members (excludes halogenated alkanes) is 2. The number of benzene rings is 1. The highest BCUT2D eigenvalue weighted by Crippen LogP contribution is 2.36. The second-order valence-corrected chi connectivity index (χ2v) is 5.39. The molecule has 0 heterocycles. The van der Waals surface area contributed by atoms with Crippen molar-refractivity contribution in [1.82, 2.24) is 5.32 Å². The molecule has 1 aromatic carbocycles. The lowest BCUT2D eigenvalue weighted by molar-refractivity contribution is -0.140. The number of rotatable bonds is 7. The molecule has 0 spiro atoms. The fourth-order valence-electron chi connectivity index (χ4n) is 1.90. The first-order valence-corrected chi connectivity index (χ1v) is 7.60. The van der Waals surface area contributed by atoms with Crippen molar-refractivity contribution in [3.8, 4) is 0 Å². The Labute approximate surface area is 142 Å². The minimum atomic E-state index is -4.62. The summed E-state index contributed by atoms with van der Waals surface area (Å²) >= 11 is 5.56. The van der Waals surface area contributed by atoms with Crippen LogP contribution < -0.4 is 10.6 Å². The van der Waals surface area contributed by atoms with Crippen molar-refractivity contribution >= 4 is 29.3 Å². The molecule has 134 valence electrons. The number of ether oxygens (including phenoxy) is 1. The fraction of sp³-hybridized carbons (Fsp3) is 0.467. The van der Waals surface area contributed by atoms with Gasteiger partial charge in [-0.25, -0.2) is 4.79 Å². The van der Waals surface area contributed by atoms with Crippen LogP contribution >= 0.6 is 11.6 Å². The summed E-state index contributed by atoms with van der Waals surface area (Å²) < 4.78 is 43.2. The van der Waals surface area contributed by atoms with E-state index in [2.05, 4.69) is 15.4 Å². The maximum atomic E-state index is 12.9. The van der Waals surface area contributed by atoms with Crippen LogP contribution in [0.2, 0.25) is 5.02 Å². The number of alkyl halides is 3. The maximum absolute atomic E-state index is 12.9. The van der Waals surface area contributed by atoms with E-state index in [1.807, 2.05) is 0 Å². The van der Waals surface area contributed by atoms with Gasteiger partial charge in [-0.1, -0.05) is 18.0 Å². The summed E-state index contributed by atoms with van der Waals surface area (Å²) in [6.45, 7) is 0.280. The molecule has 0 aromatic heterocycles. The monoisotopic (exact) mass is 366 g/mol. The van der Waals surface area contributed by atoms with Crippen molar-refractivity contribution < 1.29 is 27.5 Å². The third kappa shape index (κ3) is 7.08. The number of carbonyl (C=O) groups is 2. The summed E-state index contributed by atoms with van der Waals surface area (Å²) in [5, 5.41) is 4.55. The summed E-state index contributed by atoms with van der Waals surface area (Å²) in [7, 11) is 1.31. The second kappa shape index (κ2) is 9.36. The molecule has 9 heteroatoms. The number of hydrogen-bond acceptors (Lipinski definition) is 3. The van der Waals surface area contributed by atoms with E-state index in [0.717, 1.165) is 12.1 Å². The third-order valence-electron chi connectivity index (χ3n) is 3.11. The first-order valence-electron chi connectivity index (χ1n) is 7.22. The molecule has 0 aliphatic heterocycles. The Morgan fingerprint density at radius 1 is 1.21 bits per heavy atom. The van der Waals surface area contributed by atoms with Crippen LogP contribution in [0, 0.1) is 0 Å². The second-order valence-electron chi connectivity index (χ2n) is 4.96. The molecule has 0 atom stereocenters. The van der Waals surface area contributed by atoms with Crippen LogP contribution in [0.3, 0.4) is 0 Å². The standard InChI is InChI=1S/C15H18ClF3N2O3/c1-24-13(22)5-3-2-4-8-20-14(23)21-12-7-6-10(16)9-11(12)15(17,18)19/h6-7,9H,2-5,8H2,1H3,(H2,20,21,23). The van der Waals surface area contributed by atoms with Gasteiger partial charge in [0, 0.05) is 18.0 Å². The van der Waals surface area contributed by atoms with Crippen LogP contribution in [0.5, 0.6) is 0 Å². The largest absolute Gasteiger partial charge is 0.469 e. The Hall–Kier alpha value is -1.96. The number of anilines is 1. The van der Waals surface area contributed by atoms with Crippen LogP contribution in [-0.2, 0) is 15.7 Å². The van der Waals surface area contributed by atoms with Gasteiger partial charge in [0.1, 0.15) is 0 Å². The average Bonchev–Trinajstić information content (AvgIpc) is 2.51. The quantitative estimate of drug-likeness (QED) is 0.561. The maximum Gasteiger partial charge on any atom is 0.418 e. The van der Waals surface area contributed by atoms with E-state index in [1.54, 1.807) is 0 Å². The van der Waals surface area contributed by atoms with E-state index in [4.69, 9.17) is 11.6 Å². The molecule has 24 heavy (non-hydrogen) atoms. The molecule has 1 rings (SSSR count). The van der Waals surface area contributed by atoms with Gasteiger partial charge >= 0.3 is 18.2 Å². The first kappa shape index (κ1) is 20.1. The van der Waals surface area contributed by atoms with Gasteiger partial charge in [-0.3, -0.25) is 4.79 Å². The Morgan fingerprint density at radius 2 is 1.92 bits per heavy atom. The molecule has 0 unspecified atom stereocenters. The number of urea groups is 1. The Morgan fingerprint density at radius 3 is 2.54 bits per heavy atom. The van der Waals surface area contributed by atoms with Gasteiger partial charge in [0.25, 0.3) is 0 Å². The zero-order valence-corrected chi connectivity index (χ0v) is 13.8. The number of methoxy groups -OCH3 is 1. The Kier molecular flexibility index (Phi) is 7.84. The van der Waals surface area contributed by atoms with Gasteiger partial charge in [-0.15, -0.1) is 0 Å². The summed E-state index contributed by atoms with van der Waals surface area (Å²) in [4.78, 5) is 22.6. The van der Waals surface area contributed by atoms with E-state index in [1.165, 1.54) is 13.2 Å². The van der Waals surface area contributed by atoms with Gasteiger partial charge in [-0.2, -0.15) is 13.2 Å². The zero-order valence-electron chi connectivity index (χ0n) is 13.0. The molecule has 0 bridgehead atoms. The molecular formula is C15H18ClF3N2O3. The van der Waals surface area contributed by atoms with E-state index in [0.29, 0.717) is 25.7 Å². The van der Waals surface area contributed by atoms with Crippen molar-refractivity contribution in [2.45, 2.75) is 31.9 Å². The molecule has 2 amide bonds. The number of nitrogens with one attached hydrogen (secondary N) is 2. The predicted molar refractivity (Wildman–Crippen MR) is 84.0 cm³/mol. The van der Waals surface area contributed by atoms with Gasteiger partial charge in [0.15, 0.2) is 0 Å². The minimum absolute atomic E-state index is 0.0705. The molecule has 2 N–H and O–H groups in total. The lowest BCUT2D eigenvalue weighted by atomic mass is 10.1. The summed E-state index contributed by atoms with van der Waals surface area (Å²) in [5.74, 6) is -0.303. The minimum Gasteiger partial charge on any atom is -0.469 e. The summed E-state index contributed by atoms with van der Waals surface area (Å²) in [6, 6.07) is 2.38. The molecule has 0 radical (unpaired) electrons. The van der Waals surface area contributed by atoms with Crippen LogP contribution in [0.25, 0.3) is 0 Å². The average molecular weight is 367 g/mol. The SMILES string of the molecule is COC(=O)CCCCCNC(=O)Nc1ccc(Cl)cc1C(F)(F)F. The van der Waals surface area contributed by atoms with Crippen LogP contribution in [-0.4, -0.2) is 25.7 Å². The number of esters is 1. The molecular weight excluding hydrogens is 349 g/mol. The molecule has 5 nitrogen and oxygen atoms in total. The third-order valence-corrected chi connectivity index (χ3v) is 3.34. The highest BCUT2D eigenvalue weighted by molar-refractivity contribution is 6.30. The van der Waals surface area contributed by atoms with Gasteiger partial charge < -0.3 is 15.4 Å². The topological polar surface area (TPSA) is 67.4 Å². The molecule has 0 saturated carbocycles. The Bertz CT molecular complexity index is 580. The van der Waals surface area contributed by atoms with Crippen molar-refractivity contribution in [1.29, 1.82) is 0 Å². The van der Waals surface area contributed by atoms with Crippen molar-refractivity contribution in [3.63, 3.8) is 0 Å². The zero-order chi connectivity index (χ0) is 18.2. The highest BCUT2D eigenvalue weighted by Gasteiger charge is 2.34. The van der Waals surface area contributed by atoms with Gasteiger partial charge in [0.2, 0.25) is 0 Å².